The van der Waals surface area contributed by atoms with Gasteiger partial charge in [0.1, 0.15) is 15.8 Å². The summed E-state index contributed by atoms with van der Waals surface area (Å²) in [7, 11) is 1.73. The fourth-order valence-corrected chi connectivity index (χ4v) is 4.09. The molecule has 7 nitrogen and oxygen atoms in total. The molecule has 0 aromatic carbocycles. The van der Waals surface area contributed by atoms with Gasteiger partial charge in [-0.15, -0.1) is 10.2 Å². The number of ether oxygens (including phenoxy) is 1. The molecule has 0 unspecified atom stereocenters. The van der Waals surface area contributed by atoms with E-state index in [2.05, 4.69) is 25.5 Å². The van der Waals surface area contributed by atoms with Crippen LogP contribution in [0.5, 0.6) is 0 Å². The first-order valence-corrected chi connectivity index (χ1v) is 9.84. The molecule has 27 heavy (non-hydrogen) atoms. The minimum atomic E-state index is 0.0164. The molecule has 3 aromatic heterocycles. The number of aromatic nitrogens is 4. The second kappa shape index (κ2) is 7.66. The maximum atomic E-state index is 12.6. The van der Waals surface area contributed by atoms with Crippen LogP contribution in [-0.4, -0.2) is 39.3 Å². The van der Waals surface area contributed by atoms with Crippen molar-refractivity contribution < 1.29 is 9.53 Å². The summed E-state index contributed by atoms with van der Waals surface area (Å²) in [5.74, 6) is 0.594. The molecule has 0 radical (unpaired) electrons. The van der Waals surface area contributed by atoms with Crippen LogP contribution in [0.4, 0.5) is 5.82 Å². The second-order valence-corrected chi connectivity index (χ2v) is 7.99. The predicted molar refractivity (Wildman–Crippen MR) is 105 cm³/mol. The van der Waals surface area contributed by atoms with Gasteiger partial charge in [0.15, 0.2) is 0 Å². The summed E-state index contributed by atoms with van der Waals surface area (Å²) < 4.78 is 5.38. The Balaban J connectivity index is 1.51. The molecule has 1 aliphatic rings. The van der Waals surface area contributed by atoms with Gasteiger partial charge in [0, 0.05) is 30.2 Å². The van der Waals surface area contributed by atoms with Gasteiger partial charge in [-0.3, -0.25) is 9.78 Å². The number of anilines is 1. The number of aryl methyl sites for hydroxylation is 1. The normalized spacial score (nSPS) is 19.9. The van der Waals surface area contributed by atoms with Gasteiger partial charge >= 0.3 is 0 Å². The molecular weight excluding hydrogens is 362 g/mol. The van der Waals surface area contributed by atoms with Crippen molar-refractivity contribution in [1.82, 2.24) is 20.2 Å². The van der Waals surface area contributed by atoms with Gasteiger partial charge in [-0.05, 0) is 44.7 Å². The summed E-state index contributed by atoms with van der Waals surface area (Å²) >= 11 is 1.53. The van der Waals surface area contributed by atoms with E-state index in [0.29, 0.717) is 5.82 Å². The van der Waals surface area contributed by atoms with Gasteiger partial charge < -0.3 is 10.1 Å². The predicted octanol–water partition coefficient (Wildman–Crippen LogP) is 3.60. The average Bonchev–Trinajstić information content (AvgIpc) is 3.14. The molecule has 8 heteroatoms. The molecule has 0 atom stereocenters. The lowest BCUT2D eigenvalue weighted by molar-refractivity contribution is -0.121. The van der Waals surface area contributed by atoms with Crippen LogP contribution in [0.3, 0.4) is 0 Å². The van der Waals surface area contributed by atoms with Crippen LogP contribution in [0, 0.1) is 12.8 Å². The highest BCUT2D eigenvalue weighted by Crippen LogP contribution is 2.28. The fourth-order valence-electron chi connectivity index (χ4n) is 3.42. The maximum Gasteiger partial charge on any atom is 0.228 e. The van der Waals surface area contributed by atoms with Crippen molar-refractivity contribution in [1.29, 1.82) is 0 Å². The van der Waals surface area contributed by atoms with E-state index >= 15 is 0 Å². The summed E-state index contributed by atoms with van der Waals surface area (Å²) in [6.07, 6.45) is 7.28. The molecule has 140 valence electrons. The van der Waals surface area contributed by atoms with Crippen molar-refractivity contribution in [3.8, 4) is 10.6 Å². The SMILES string of the molecule is COC1CCC(C(=O)Nc2cc3cc(-c4nnc(C)s4)cnc3cn2)CC1. The van der Waals surface area contributed by atoms with Gasteiger partial charge in [0.2, 0.25) is 5.91 Å². The van der Waals surface area contributed by atoms with Crippen molar-refractivity contribution in [2.45, 2.75) is 38.7 Å². The van der Waals surface area contributed by atoms with Crippen molar-refractivity contribution in [3.05, 3.63) is 29.5 Å². The van der Waals surface area contributed by atoms with E-state index in [-0.39, 0.29) is 17.9 Å². The number of nitrogens with one attached hydrogen (secondary N) is 1. The Hall–Kier alpha value is -2.45. The molecule has 0 aliphatic heterocycles. The monoisotopic (exact) mass is 383 g/mol. The van der Waals surface area contributed by atoms with Gasteiger partial charge in [-0.2, -0.15) is 0 Å². The summed E-state index contributed by atoms with van der Waals surface area (Å²) in [6.45, 7) is 1.92. The highest BCUT2D eigenvalue weighted by atomic mass is 32.1. The Morgan fingerprint density at radius 2 is 1.96 bits per heavy atom. The highest BCUT2D eigenvalue weighted by molar-refractivity contribution is 7.14. The summed E-state index contributed by atoms with van der Waals surface area (Å²) in [6, 6.07) is 3.86. The molecule has 3 heterocycles. The zero-order valence-electron chi connectivity index (χ0n) is 15.3. The Labute approximate surface area is 161 Å². The van der Waals surface area contributed by atoms with Crippen LogP contribution in [0.15, 0.2) is 24.5 Å². The standard InChI is InChI=1S/C19H21N5O2S/c1-11-23-24-19(27-11)14-7-13-8-17(21-10-16(13)20-9-14)22-18(25)12-3-5-15(26-2)6-4-12/h7-10,12,15H,3-6H2,1-2H3,(H,21,22,25). The zero-order valence-corrected chi connectivity index (χ0v) is 16.1. The number of rotatable bonds is 4. The number of nitrogens with zero attached hydrogens (tertiary/aromatic N) is 4. The largest absolute Gasteiger partial charge is 0.381 e. The highest BCUT2D eigenvalue weighted by Gasteiger charge is 2.26. The topological polar surface area (TPSA) is 89.9 Å². The van der Waals surface area contributed by atoms with Crippen LogP contribution in [-0.2, 0) is 9.53 Å². The van der Waals surface area contributed by atoms with Gasteiger partial charge in [0.05, 0.1) is 17.8 Å². The molecule has 0 saturated heterocycles. The molecule has 4 rings (SSSR count). The number of pyridine rings is 2. The van der Waals surface area contributed by atoms with E-state index in [9.17, 15) is 4.79 Å². The van der Waals surface area contributed by atoms with Gasteiger partial charge in [-0.1, -0.05) is 11.3 Å². The average molecular weight is 383 g/mol. The molecule has 1 fully saturated rings. The third-order valence-corrected chi connectivity index (χ3v) is 5.86. The first-order valence-electron chi connectivity index (χ1n) is 9.02. The number of methoxy groups -OCH3 is 1. The Morgan fingerprint density at radius 1 is 1.15 bits per heavy atom. The molecule has 1 aliphatic carbocycles. The minimum absolute atomic E-state index is 0.0164. The lowest BCUT2D eigenvalue weighted by Gasteiger charge is -2.26. The summed E-state index contributed by atoms with van der Waals surface area (Å²) in [5, 5.41) is 13.8. The number of hydrogen-bond acceptors (Lipinski definition) is 7. The fraction of sp³-hybridized carbons (Fsp3) is 0.421. The van der Waals surface area contributed by atoms with Gasteiger partial charge in [-0.25, -0.2) is 4.98 Å². The van der Waals surface area contributed by atoms with Crippen LogP contribution in [0.1, 0.15) is 30.7 Å². The molecule has 1 N–H and O–H groups in total. The molecule has 1 saturated carbocycles. The van der Waals surface area contributed by atoms with E-state index in [1.807, 2.05) is 19.1 Å². The van der Waals surface area contributed by atoms with Gasteiger partial charge in [0.25, 0.3) is 0 Å². The van der Waals surface area contributed by atoms with Crippen molar-refractivity contribution in [2.75, 3.05) is 12.4 Å². The number of fused-ring (bicyclic) bond motifs is 1. The number of carbonyl (C=O) groups excluding carboxylic acids is 1. The molecule has 3 aromatic rings. The summed E-state index contributed by atoms with van der Waals surface area (Å²) in [5.41, 5.74) is 1.69. The third-order valence-electron chi connectivity index (χ3n) is 4.97. The second-order valence-electron chi connectivity index (χ2n) is 6.81. The minimum Gasteiger partial charge on any atom is -0.381 e. The van der Waals surface area contributed by atoms with E-state index in [0.717, 1.165) is 52.2 Å². The Kier molecular flexibility index (Phi) is 5.09. The van der Waals surface area contributed by atoms with Crippen molar-refractivity contribution in [3.63, 3.8) is 0 Å². The van der Waals surface area contributed by atoms with E-state index in [4.69, 9.17) is 4.74 Å². The summed E-state index contributed by atoms with van der Waals surface area (Å²) in [4.78, 5) is 21.3. The zero-order chi connectivity index (χ0) is 18.8. The Morgan fingerprint density at radius 3 is 2.67 bits per heavy atom. The molecule has 1 amide bonds. The number of amides is 1. The van der Waals surface area contributed by atoms with Crippen LogP contribution in [0.25, 0.3) is 21.5 Å². The van der Waals surface area contributed by atoms with Crippen molar-refractivity contribution in [2.24, 2.45) is 5.92 Å². The van der Waals surface area contributed by atoms with E-state index in [1.165, 1.54) is 11.3 Å². The first-order chi connectivity index (χ1) is 13.1. The first kappa shape index (κ1) is 17.9. The third kappa shape index (κ3) is 3.96. The maximum absolute atomic E-state index is 12.6. The van der Waals surface area contributed by atoms with E-state index in [1.54, 1.807) is 19.5 Å². The van der Waals surface area contributed by atoms with E-state index < -0.39 is 0 Å². The lowest BCUT2D eigenvalue weighted by Crippen LogP contribution is -2.29. The van der Waals surface area contributed by atoms with Crippen molar-refractivity contribution >= 4 is 34.0 Å². The molecule has 0 spiro atoms. The number of hydrogen-bond donors (Lipinski definition) is 1. The van der Waals surface area contributed by atoms with Crippen LogP contribution in [0.2, 0.25) is 0 Å². The smallest absolute Gasteiger partial charge is 0.228 e. The quantitative estimate of drug-likeness (QED) is 0.740. The van der Waals surface area contributed by atoms with Crippen LogP contribution >= 0.6 is 11.3 Å². The molecular formula is C19H21N5O2S. The Bertz CT molecular complexity index is 966. The lowest BCUT2D eigenvalue weighted by atomic mass is 9.87. The molecule has 0 bridgehead atoms. The van der Waals surface area contributed by atoms with Crippen LogP contribution < -0.4 is 5.32 Å². The number of carbonyl (C=O) groups is 1.